The van der Waals surface area contributed by atoms with Gasteiger partial charge in [0, 0.05) is 29.1 Å². The van der Waals surface area contributed by atoms with E-state index < -0.39 is 11.5 Å². The molecule has 0 aliphatic carbocycles. The fourth-order valence-corrected chi connectivity index (χ4v) is 3.91. The van der Waals surface area contributed by atoms with Crippen LogP contribution in [0, 0.1) is 5.92 Å². The third-order valence-electron chi connectivity index (χ3n) is 5.32. The van der Waals surface area contributed by atoms with Crippen molar-refractivity contribution in [2.24, 2.45) is 5.92 Å². The summed E-state index contributed by atoms with van der Waals surface area (Å²) >= 11 is 3.46. The van der Waals surface area contributed by atoms with Gasteiger partial charge in [-0.25, -0.2) is 0 Å². The molecule has 0 fully saturated rings. The van der Waals surface area contributed by atoms with Crippen molar-refractivity contribution in [1.82, 2.24) is 0 Å². The Hall–Kier alpha value is -1.69. The molecule has 0 spiro atoms. The molecule has 4 nitrogen and oxygen atoms in total. The van der Waals surface area contributed by atoms with Crippen molar-refractivity contribution in [2.75, 3.05) is 18.1 Å². The molecule has 1 aromatic carbocycles. The van der Waals surface area contributed by atoms with Crippen molar-refractivity contribution in [3.05, 3.63) is 63.7 Å². The van der Waals surface area contributed by atoms with E-state index in [1.54, 1.807) is 4.90 Å². The van der Waals surface area contributed by atoms with Crippen LogP contribution in [0.15, 0.2) is 58.1 Å². The van der Waals surface area contributed by atoms with E-state index in [2.05, 4.69) is 48.9 Å². The van der Waals surface area contributed by atoms with Gasteiger partial charge in [0.25, 0.3) is 5.91 Å². The number of halogens is 1. The van der Waals surface area contributed by atoms with Crippen LogP contribution >= 0.6 is 15.9 Å². The molecule has 1 aliphatic rings. The number of nitrogens with zero attached hydrogens (tertiary/aromatic N) is 1. The number of hydrogen-bond donors (Lipinski definition) is 2. The number of fused-ring (bicyclic) bond motifs is 1. The average molecular weight is 462 g/mol. The normalized spacial score (nSPS) is 20.3. The summed E-state index contributed by atoms with van der Waals surface area (Å²) in [4.78, 5) is 15.0. The lowest BCUT2D eigenvalue weighted by atomic mass is 9.83. The maximum Gasteiger partial charge on any atom is 0.264 e. The fraction of sp³-hybridized carbons (Fsp3) is 0.458. The van der Waals surface area contributed by atoms with Gasteiger partial charge in [0.1, 0.15) is 0 Å². The molecular weight excluding hydrogens is 430 g/mol. The Morgan fingerprint density at radius 2 is 1.97 bits per heavy atom. The van der Waals surface area contributed by atoms with Crippen molar-refractivity contribution in [3.63, 3.8) is 0 Å². The van der Waals surface area contributed by atoms with Gasteiger partial charge in [-0.2, -0.15) is 0 Å². The zero-order valence-electron chi connectivity index (χ0n) is 17.8. The lowest BCUT2D eigenvalue weighted by Crippen LogP contribution is -2.44. The van der Waals surface area contributed by atoms with E-state index in [1.807, 2.05) is 37.3 Å². The molecule has 1 aromatic rings. The number of amides is 1. The van der Waals surface area contributed by atoms with Crippen LogP contribution in [-0.4, -0.2) is 29.3 Å². The molecule has 158 valence electrons. The Kier molecular flexibility index (Phi) is 8.44. The number of hydrogen-bond acceptors (Lipinski definition) is 3. The van der Waals surface area contributed by atoms with E-state index >= 15 is 0 Å². The summed E-state index contributed by atoms with van der Waals surface area (Å²) in [7, 11) is 0. The third kappa shape index (κ3) is 5.47. The highest BCUT2D eigenvalue weighted by atomic mass is 79.9. The molecule has 2 atom stereocenters. The van der Waals surface area contributed by atoms with Gasteiger partial charge < -0.3 is 15.1 Å². The van der Waals surface area contributed by atoms with Gasteiger partial charge in [0.15, 0.2) is 5.60 Å². The van der Waals surface area contributed by atoms with Gasteiger partial charge in [-0.1, -0.05) is 58.3 Å². The Morgan fingerprint density at radius 3 is 2.62 bits per heavy atom. The average Bonchev–Trinajstić information content (AvgIpc) is 2.88. The molecule has 0 unspecified atom stereocenters. The van der Waals surface area contributed by atoms with Crippen molar-refractivity contribution in [2.45, 2.75) is 52.6 Å². The lowest BCUT2D eigenvalue weighted by molar-refractivity contribution is -0.139. The predicted octanol–water partition coefficient (Wildman–Crippen LogP) is 5.25. The van der Waals surface area contributed by atoms with E-state index in [0.717, 1.165) is 23.0 Å². The number of aliphatic hydroxyl groups is 2. The van der Waals surface area contributed by atoms with E-state index in [1.165, 1.54) is 11.1 Å². The molecule has 0 radical (unpaired) electrons. The number of allylic oxidation sites excluding steroid dienone is 3. The Morgan fingerprint density at radius 1 is 1.24 bits per heavy atom. The summed E-state index contributed by atoms with van der Waals surface area (Å²) in [6.07, 6.45) is 10.3. The second-order valence-electron chi connectivity index (χ2n) is 7.94. The minimum atomic E-state index is -1.62. The molecule has 2 rings (SSSR count). The summed E-state index contributed by atoms with van der Waals surface area (Å²) in [5.74, 6) is -0.720. The first-order chi connectivity index (χ1) is 13.7. The number of rotatable bonds is 9. The first-order valence-electron chi connectivity index (χ1n) is 10.1. The summed E-state index contributed by atoms with van der Waals surface area (Å²) in [5.41, 5.74) is 2.28. The zero-order valence-corrected chi connectivity index (χ0v) is 19.4. The molecule has 1 heterocycles. The van der Waals surface area contributed by atoms with Crippen molar-refractivity contribution < 1.29 is 15.0 Å². The Labute approximate surface area is 182 Å². The van der Waals surface area contributed by atoms with Crippen LogP contribution in [0.25, 0.3) is 0 Å². The van der Waals surface area contributed by atoms with Gasteiger partial charge in [-0.3, -0.25) is 4.79 Å². The Balaban J connectivity index is 2.30. The molecule has 29 heavy (non-hydrogen) atoms. The number of anilines is 1. The van der Waals surface area contributed by atoms with Gasteiger partial charge >= 0.3 is 0 Å². The molecule has 2 N–H and O–H groups in total. The molecule has 0 aromatic heterocycles. The second kappa shape index (κ2) is 10.4. The molecule has 0 bridgehead atoms. The zero-order chi connectivity index (χ0) is 21.6. The van der Waals surface area contributed by atoms with Gasteiger partial charge in [-0.05, 0) is 58.2 Å². The molecular formula is C24H32BrNO3. The topological polar surface area (TPSA) is 60.8 Å². The predicted molar refractivity (Wildman–Crippen MR) is 123 cm³/mol. The lowest BCUT2D eigenvalue weighted by Gasteiger charge is -2.27. The number of carbonyl (C=O) groups excluding carboxylic acids is 1. The summed E-state index contributed by atoms with van der Waals surface area (Å²) in [5, 5.41) is 20.5. The van der Waals surface area contributed by atoms with Gasteiger partial charge in [0.05, 0.1) is 5.69 Å². The van der Waals surface area contributed by atoms with E-state index in [0.29, 0.717) is 18.5 Å². The molecule has 1 aliphatic heterocycles. The van der Waals surface area contributed by atoms with Gasteiger partial charge in [-0.15, -0.1) is 0 Å². The summed E-state index contributed by atoms with van der Waals surface area (Å²) in [6.45, 7) is 8.57. The number of aliphatic hydroxyl groups excluding tert-OH is 1. The van der Waals surface area contributed by atoms with Crippen LogP contribution in [0.3, 0.4) is 0 Å². The van der Waals surface area contributed by atoms with Crippen LogP contribution in [0.2, 0.25) is 0 Å². The first-order valence-corrected chi connectivity index (χ1v) is 10.9. The van der Waals surface area contributed by atoms with E-state index in [4.69, 9.17) is 5.11 Å². The molecule has 1 amide bonds. The van der Waals surface area contributed by atoms with Crippen LogP contribution < -0.4 is 4.90 Å². The van der Waals surface area contributed by atoms with Crippen LogP contribution in [0.4, 0.5) is 5.69 Å². The molecule has 0 saturated heterocycles. The van der Waals surface area contributed by atoms with Crippen LogP contribution in [-0.2, 0) is 10.4 Å². The Bertz CT molecular complexity index is 823. The maximum absolute atomic E-state index is 13.3. The standard InChI is InChI=1S/C24H32BrNO3/c1-17(2)8-7-9-18(3)13-14-26-22-12-11-20(25)16-21(22)24(29,23(26)28)19(4)10-5-6-15-27/h5,8,10-13,16,19,27,29H,6-7,9,14-15H2,1-4H3/b10-5+,18-13+/t19-,24+/m0/s1. The fourth-order valence-electron chi connectivity index (χ4n) is 3.55. The highest BCUT2D eigenvalue weighted by Crippen LogP contribution is 2.46. The van der Waals surface area contributed by atoms with Crippen LogP contribution in [0.5, 0.6) is 0 Å². The minimum absolute atomic E-state index is 0.0423. The monoisotopic (exact) mass is 461 g/mol. The largest absolute Gasteiger partial charge is 0.396 e. The highest BCUT2D eigenvalue weighted by molar-refractivity contribution is 9.10. The van der Waals surface area contributed by atoms with Crippen molar-refractivity contribution in [3.8, 4) is 0 Å². The number of carbonyl (C=O) groups is 1. The van der Waals surface area contributed by atoms with Crippen LogP contribution in [0.1, 0.15) is 52.5 Å². The number of benzene rings is 1. The maximum atomic E-state index is 13.3. The van der Waals surface area contributed by atoms with Gasteiger partial charge in [0.2, 0.25) is 0 Å². The molecule has 0 saturated carbocycles. The van der Waals surface area contributed by atoms with Crippen molar-refractivity contribution in [1.29, 1.82) is 0 Å². The third-order valence-corrected chi connectivity index (χ3v) is 5.82. The van der Waals surface area contributed by atoms with E-state index in [9.17, 15) is 9.90 Å². The minimum Gasteiger partial charge on any atom is -0.396 e. The smallest absolute Gasteiger partial charge is 0.264 e. The van der Waals surface area contributed by atoms with E-state index in [-0.39, 0.29) is 12.5 Å². The SMILES string of the molecule is CC(C)=CCC/C(C)=C/CN1C(=O)[C@@](O)([C@@H](C)/C=C/CCO)c2cc(Br)ccc21. The first kappa shape index (κ1) is 23.6. The summed E-state index contributed by atoms with van der Waals surface area (Å²) in [6, 6.07) is 5.60. The second-order valence-corrected chi connectivity index (χ2v) is 8.86. The quantitative estimate of drug-likeness (QED) is 0.493. The highest BCUT2D eigenvalue weighted by Gasteiger charge is 2.52. The van der Waals surface area contributed by atoms with Crippen molar-refractivity contribution >= 4 is 27.5 Å². The summed E-state index contributed by atoms with van der Waals surface area (Å²) < 4.78 is 0.823. The molecule has 5 heteroatoms.